The maximum Gasteiger partial charge on any atom is 0.270 e. The number of pyridine rings is 1. The highest BCUT2D eigenvalue weighted by molar-refractivity contribution is 6.31. The van der Waals surface area contributed by atoms with Crippen LogP contribution >= 0.6 is 36.4 Å². The molecule has 1 aliphatic heterocycles. The highest BCUT2D eigenvalue weighted by Crippen LogP contribution is 2.18. The minimum Gasteiger partial charge on any atom is -0.348 e. The number of rotatable bonds is 2. The number of hydrogen-bond donors (Lipinski definition) is 2. The summed E-state index contributed by atoms with van der Waals surface area (Å²) in [7, 11) is 0. The van der Waals surface area contributed by atoms with Gasteiger partial charge in [-0.25, -0.2) is 4.98 Å². The molecule has 1 fully saturated rings. The predicted molar refractivity (Wildman–Crippen MR) is 94.6 cm³/mol. The third-order valence-corrected chi connectivity index (χ3v) is 3.80. The van der Waals surface area contributed by atoms with Gasteiger partial charge in [0.1, 0.15) is 5.69 Å². The number of fused-ring (bicyclic) bond motifs is 1. The van der Waals surface area contributed by atoms with Crippen molar-refractivity contribution in [2.75, 3.05) is 13.1 Å². The Labute approximate surface area is 146 Å². The zero-order valence-corrected chi connectivity index (χ0v) is 14.2. The number of hydrogen-bond acceptors (Lipinski definition) is 3. The van der Waals surface area contributed by atoms with E-state index in [1.165, 1.54) is 0 Å². The molecule has 1 aliphatic rings. The minimum atomic E-state index is -0.112. The van der Waals surface area contributed by atoms with Crippen molar-refractivity contribution in [3.8, 4) is 0 Å². The maximum absolute atomic E-state index is 12.2. The second kappa shape index (κ2) is 8.53. The fraction of sp³-hybridized carbons (Fsp3) is 0.333. The Hall–Kier alpha value is -1.07. The van der Waals surface area contributed by atoms with E-state index >= 15 is 0 Å². The molecule has 0 spiro atoms. The largest absolute Gasteiger partial charge is 0.348 e. The molecule has 0 saturated carbocycles. The molecule has 2 aromatic rings. The summed E-state index contributed by atoms with van der Waals surface area (Å²) in [5.74, 6) is -0.112. The van der Waals surface area contributed by atoms with Crippen molar-refractivity contribution >= 4 is 53.2 Å². The lowest BCUT2D eigenvalue weighted by molar-refractivity contribution is 0.0925. The molecule has 0 bridgehead atoms. The lowest BCUT2D eigenvalue weighted by Gasteiger charge is -2.23. The van der Waals surface area contributed by atoms with Crippen LogP contribution in [0.3, 0.4) is 0 Å². The zero-order valence-electron chi connectivity index (χ0n) is 11.8. The number of carbonyl (C=O) groups excluding carboxylic acids is 1. The molecule has 22 heavy (non-hydrogen) atoms. The first-order valence-corrected chi connectivity index (χ1v) is 7.18. The van der Waals surface area contributed by atoms with Crippen LogP contribution in [0, 0.1) is 0 Å². The van der Waals surface area contributed by atoms with Gasteiger partial charge in [-0.2, -0.15) is 0 Å². The molecule has 1 aromatic carbocycles. The van der Waals surface area contributed by atoms with Crippen molar-refractivity contribution < 1.29 is 4.79 Å². The molecule has 2 N–H and O–H groups in total. The third kappa shape index (κ3) is 4.46. The normalized spacial score (nSPS) is 14.8. The van der Waals surface area contributed by atoms with Crippen molar-refractivity contribution in [1.29, 1.82) is 0 Å². The van der Waals surface area contributed by atoms with Crippen LogP contribution in [0.1, 0.15) is 23.3 Å². The first-order valence-electron chi connectivity index (χ1n) is 6.80. The number of benzene rings is 1. The van der Waals surface area contributed by atoms with Crippen molar-refractivity contribution in [2.45, 2.75) is 18.9 Å². The molecule has 120 valence electrons. The van der Waals surface area contributed by atoms with Gasteiger partial charge >= 0.3 is 0 Å². The maximum atomic E-state index is 12.2. The molecule has 7 heteroatoms. The summed E-state index contributed by atoms with van der Waals surface area (Å²) in [6.45, 7) is 1.90. The number of nitrogens with one attached hydrogen (secondary N) is 2. The van der Waals surface area contributed by atoms with E-state index in [9.17, 15) is 4.79 Å². The lowest BCUT2D eigenvalue weighted by atomic mass is 10.1. The number of carbonyl (C=O) groups is 1. The summed E-state index contributed by atoms with van der Waals surface area (Å²) >= 11 is 5.96. The Balaban J connectivity index is 0.00000121. The Morgan fingerprint density at radius 2 is 1.86 bits per heavy atom. The number of nitrogens with zero attached hydrogens (tertiary/aromatic N) is 1. The standard InChI is InChI=1S/C15H16ClN3O.2ClH/c16-11-3-1-10-2-4-13(19-14(10)9-11)15(20)18-12-5-7-17-8-6-12;;/h1-4,9,12,17H,5-8H2,(H,18,20);2*1H. The van der Waals surface area contributed by atoms with Crippen molar-refractivity contribution in [2.24, 2.45) is 0 Å². The second-order valence-corrected chi connectivity index (χ2v) is 5.47. The van der Waals surface area contributed by atoms with Crippen LogP contribution in [0.5, 0.6) is 0 Å². The van der Waals surface area contributed by atoms with Gasteiger partial charge < -0.3 is 10.6 Å². The quantitative estimate of drug-likeness (QED) is 0.862. The van der Waals surface area contributed by atoms with Gasteiger partial charge in [-0.15, -0.1) is 24.8 Å². The molecule has 0 unspecified atom stereocenters. The molecule has 0 aliphatic carbocycles. The van der Waals surface area contributed by atoms with Gasteiger partial charge in [-0.3, -0.25) is 4.79 Å². The van der Waals surface area contributed by atoms with E-state index in [1.54, 1.807) is 12.1 Å². The molecule has 1 amide bonds. The molecular formula is C15H18Cl3N3O. The molecule has 1 saturated heterocycles. The molecule has 0 atom stereocenters. The van der Waals surface area contributed by atoms with Crippen LogP contribution in [0.15, 0.2) is 30.3 Å². The number of piperidine rings is 1. The van der Waals surface area contributed by atoms with Gasteiger partial charge in [0, 0.05) is 16.5 Å². The Morgan fingerprint density at radius 3 is 2.59 bits per heavy atom. The van der Waals surface area contributed by atoms with E-state index in [2.05, 4.69) is 15.6 Å². The Bertz CT molecular complexity index is 645. The van der Waals surface area contributed by atoms with Crippen LogP contribution < -0.4 is 10.6 Å². The highest BCUT2D eigenvalue weighted by Gasteiger charge is 2.17. The van der Waals surface area contributed by atoms with E-state index in [-0.39, 0.29) is 36.8 Å². The first-order chi connectivity index (χ1) is 9.72. The topological polar surface area (TPSA) is 54.0 Å². The van der Waals surface area contributed by atoms with Crippen LogP contribution in [0.25, 0.3) is 10.9 Å². The summed E-state index contributed by atoms with van der Waals surface area (Å²) in [5, 5.41) is 7.92. The van der Waals surface area contributed by atoms with E-state index in [0.717, 1.165) is 36.8 Å². The summed E-state index contributed by atoms with van der Waals surface area (Å²) in [4.78, 5) is 16.6. The van der Waals surface area contributed by atoms with Crippen LogP contribution in [0.4, 0.5) is 0 Å². The van der Waals surface area contributed by atoms with Gasteiger partial charge in [-0.05, 0) is 44.1 Å². The molecule has 2 heterocycles. The highest BCUT2D eigenvalue weighted by atomic mass is 35.5. The fourth-order valence-corrected chi connectivity index (χ4v) is 2.61. The second-order valence-electron chi connectivity index (χ2n) is 5.03. The summed E-state index contributed by atoms with van der Waals surface area (Å²) in [6.07, 6.45) is 1.93. The van der Waals surface area contributed by atoms with Gasteiger partial charge in [0.25, 0.3) is 5.91 Å². The zero-order chi connectivity index (χ0) is 13.9. The van der Waals surface area contributed by atoms with Gasteiger partial charge in [-0.1, -0.05) is 23.7 Å². The predicted octanol–water partition coefficient (Wildman–Crippen LogP) is 3.21. The van der Waals surface area contributed by atoms with Crippen molar-refractivity contribution in [1.82, 2.24) is 15.6 Å². The van der Waals surface area contributed by atoms with E-state index in [1.807, 2.05) is 18.2 Å². The monoisotopic (exact) mass is 361 g/mol. The summed E-state index contributed by atoms with van der Waals surface area (Å²) < 4.78 is 0. The molecular weight excluding hydrogens is 345 g/mol. The van der Waals surface area contributed by atoms with Gasteiger partial charge in [0.2, 0.25) is 0 Å². The van der Waals surface area contributed by atoms with Crippen LogP contribution in [0.2, 0.25) is 5.02 Å². The summed E-state index contributed by atoms with van der Waals surface area (Å²) in [5.41, 5.74) is 1.19. The average Bonchev–Trinajstić information content (AvgIpc) is 2.47. The van der Waals surface area contributed by atoms with Crippen molar-refractivity contribution in [3.63, 3.8) is 0 Å². The molecule has 0 radical (unpaired) electrons. The van der Waals surface area contributed by atoms with Gasteiger partial charge in [0.15, 0.2) is 0 Å². The summed E-state index contributed by atoms with van der Waals surface area (Å²) in [6, 6.07) is 9.39. The smallest absolute Gasteiger partial charge is 0.270 e. The molecule has 1 aromatic heterocycles. The van der Waals surface area contributed by atoms with E-state index in [4.69, 9.17) is 11.6 Å². The van der Waals surface area contributed by atoms with Gasteiger partial charge in [0.05, 0.1) is 5.52 Å². The Morgan fingerprint density at radius 1 is 1.18 bits per heavy atom. The third-order valence-electron chi connectivity index (χ3n) is 3.56. The Kier molecular flexibility index (Phi) is 7.36. The van der Waals surface area contributed by atoms with Crippen LogP contribution in [-0.2, 0) is 0 Å². The average molecular weight is 363 g/mol. The minimum absolute atomic E-state index is 0. The number of halogens is 3. The van der Waals surface area contributed by atoms with Crippen LogP contribution in [-0.4, -0.2) is 30.0 Å². The molecule has 3 rings (SSSR count). The van der Waals surface area contributed by atoms with Crippen molar-refractivity contribution in [3.05, 3.63) is 41.0 Å². The van der Waals surface area contributed by atoms with E-state index < -0.39 is 0 Å². The fourth-order valence-electron chi connectivity index (χ4n) is 2.44. The molecule has 4 nitrogen and oxygen atoms in total. The SMILES string of the molecule is Cl.Cl.O=C(NC1CCNCC1)c1ccc2ccc(Cl)cc2n1. The number of aromatic nitrogens is 1. The number of amides is 1. The first kappa shape index (κ1) is 19.0. The van der Waals surface area contributed by atoms with E-state index in [0.29, 0.717) is 10.7 Å². The lowest BCUT2D eigenvalue weighted by Crippen LogP contribution is -2.42.